The van der Waals surface area contributed by atoms with Crippen LogP contribution in [0.3, 0.4) is 0 Å². The fraction of sp³-hybridized carbons (Fsp3) is 0.235. The minimum Gasteiger partial charge on any atom is -0.354 e. The van der Waals surface area contributed by atoms with Gasteiger partial charge in [-0.2, -0.15) is 0 Å². The second-order valence-corrected chi connectivity index (χ2v) is 7.20. The lowest BCUT2D eigenvalue weighted by molar-refractivity contribution is -0.119. The van der Waals surface area contributed by atoms with Crippen molar-refractivity contribution >= 4 is 21.6 Å². The van der Waals surface area contributed by atoms with Gasteiger partial charge in [-0.25, -0.2) is 12.8 Å². The Bertz CT molecular complexity index is 794. The van der Waals surface area contributed by atoms with E-state index in [0.29, 0.717) is 17.7 Å². The van der Waals surface area contributed by atoms with Crippen molar-refractivity contribution in [3.8, 4) is 0 Å². The van der Waals surface area contributed by atoms with Gasteiger partial charge in [-0.15, -0.1) is 0 Å². The zero-order valence-electron chi connectivity index (χ0n) is 13.3. The molecule has 0 unspecified atom stereocenters. The molecule has 0 aliphatic heterocycles. The van der Waals surface area contributed by atoms with E-state index in [1.54, 1.807) is 48.5 Å². The van der Waals surface area contributed by atoms with Gasteiger partial charge < -0.3 is 5.32 Å². The molecular formula is C17H19FN2O3S. The van der Waals surface area contributed by atoms with E-state index in [1.807, 2.05) is 0 Å². The van der Waals surface area contributed by atoms with Gasteiger partial charge in [0.1, 0.15) is 12.4 Å². The molecule has 5 nitrogen and oxygen atoms in total. The number of nitrogens with one attached hydrogen (secondary N) is 1. The highest BCUT2D eigenvalue weighted by Crippen LogP contribution is 2.16. The van der Waals surface area contributed by atoms with Crippen LogP contribution in [0.25, 0.3) is 0 Å². The SMILES string of the molecule is CS(=O)(=O)N(CC(=O)NCCc1ccccc1F)c1ccccc1. The smallest absolute Gasteiger partial charge is 0.240 e. The van der Waals surface area contributed by atoms with Crippen molar-refractivity contribution in [1.29, 1.82) is 0 Å². The summed E-state index contributed by atoms with van der Waals surface area (Å²) in [6.07, 6.45) is 1.38. The molecule has 0 aromatic heterocycles. The van der Waals surface area contributed by atoms with Gasteiger partial charge in [0, 0.05) is 6.54 Å². The van der Waals surface area contributed by atoms with Crippen molar-refractivity contribution in [1.82, 2.24) is 5.32 Å². The number of amides is 1. The summed E-state index contributed by atoms with van der Waals surface area (Å²) in [5.41, 5.74) is 0.921. The van der Waals surface area contributed by atoms with Crippen LogP contribution in [0.5, 0.6) is 0 Å². The summed E-state index contributed by atoms with van der Waals surface area (Å²) in [5.74, 6) is -0.769. The highest BCUT2D eigenvalue weighted by atomic mass is 32.2. The van der Waals surface area contributed by atoms with Gasteiger partial charge in [-0.1, -0.05) is 36.4 Å². The maximum Gasteiger partial charge on any atom is 0.240 e. The molecule has 128 valence electrons. The monoisotopic (exact) mass is 350 g/mol. The van der Waals surface area contributed by atoms with Gasteiger partial charge in [0.15, 0.2) is 0 Å². The molecule has 0 aliphatic rings. The second kappa shape index (κ2) is 7.92. The van der Waals surface area contributed by atoms with Crippen molar-refractivity contribution in [3.05, 3.63) is 66.0 Å². The Morgan fingerprint density at radius 3 is 2.33 bits per heavy atom. The number of sulfonamides is 1. The standard InChI is InChI=1S/C17H19FN2O3S/c1-24(22,23)20(15-8-3-2-4-9-15)13-17(21)19-12-11-14-7-5-6-10-16(14)18/h2-10H,11-13H2,1H3,(H,19,21). The zero-order chi connectivity index (χ0) is 17.6. The van der Waals surface area contributed by atoms with Crippen LogP contribution in [0.15, 0.2) is 54.6 Å². The number of halogens is 1. The highest BCUT2D eigenvalue weighted by molar-refractivity contribution is 7.92. The van der Waals surface area contributed by atoms with Crippen LogP contribution in [0, 0.1) is 5.82 Å². The van der Waals surface area contributed by atoms with Crippen molar-refractivity contribution < 1.29 is 17.6 Å². The molecule has 0 bridgehead atoms. The molecule has 0 radical (unpaired) electrons. The third-order valence-corrected chi connectivity index (χ3v) is 4.55. The van der Waals surface area contributed by atoms with E-state index >= 15 is 0 Å². The second-order valence-electron chi connectivity index (χ2n) is 5.30. The Balaban J connectivity index is 1.95. The van der Waals surface area contributed by atoms with Crippen LogP contribution < -0.4 is 9.62 Å². The molecule has 1 N–H and O–H groups in total. The first kappa shape index (κ1) is 17.9. The Kier molecular flexibility index (Phi) is 5.92. The molecule has 0 saturated carbocycles. The third-order valence-electron chi connectivity index (χ3n) is 3.41. The Morgan fingerprint density at radius 1 is 1.08 bits per heavy atom. The van der Waals surface area contributed by atoms with Gasteiger partial charge >= 0.3 is 0 Å². The first-order valence-corrected chi connectivity index (χ1v) is 9.25. The van der Waals surface area contributed by atoms with Gasteiger partial charge in [-0.05, 0) is 30.2 Å². The highest BCUT2D eigenvalue weighted by Gasteiger charge is 2.20. The molecular weight excluding hydrogens is 331 g/mol. The molecule has 24 heavy (non-hydrogen) atoms. The number of rotatable bonds is 7. The predicted molar refractivity (Wildman–Crippen MR) is 91.7 cm³/mol. The quantitative estimate of drug-likeness (QED) is 0.830. The van der Waals surface area contributed by atoms with E-state index in [0.717, 1.165) is 10.6 Å². The predicted octanol–water partition coefficient (Wildman–Crippen LogP) is 1.95. The largest absolute Gasteiger partial charge is 0.354 e. The van der Waals surface area contributed by atoms with E-state index in [2.05, 4.69) is 5.32 Å². The average molecular weight is 350 g/mol. The van der Waals surface area contributed by atoms with E-state index in [9.17, 15) is 17.6 Å². The molecule has 0 spiro atoms. The summed E-state index contributed by atoms with van der Waals surface area (Å²) in [7, 11) is -3.58. The van der Waals surface area contributed by atoms with Gasteiger partial charge in [-0.3, -0.25) is 9.10 Å². The van der Waals surface area contributed by atoms with Gasteiger partial charge in [0.25, 0.3) is 0 Å². The Labute approximate surface area is 141 Å². The average Bonchev–Trinajstić information content (AvgIpc) is 2.54. The minimum atomic E-state index is -3.58. The molecule has 2 aromatic rings. The molecule has 0 saturated heterocycles. The summed E-state index contributed by atoms with van der Waals surface area (Å²) in [4.78, 5) is 12.0. The molecule has 0 heterocycles. The number of carbonyl (C=O) groups excluding carboxylic acids is 1. The first-order chi connectivity index (χ1) is 11.4. The van der Waals surface area contributed by atoms with Crippen LogP contribution in [-0.4, -0.2) is 33.7 Å². The van der Waals surface area contributed by atoms with Crippen molar-refractivity contribution in [2.45, 2.75) is 6.42 Å². The van der Waals surface area contributed by atoms with E-state index in [1.165, 1.54) is 6.07 Å². The van der Waals surface area contributed by atoms with Gasteiger partial charge in [0.05, 0.1) is 11.9 Å². The Morgan fingerprint density at radius 2 is 1.71 bits per heavy atom. The number of nitrogens with zero attached hydrogens (tertiary/aromatic N) is 1. The number of carbonyl (C=O) groups is 1. The molecule has 0 fully saturated rings. The lowest BCUT2D eigenvalue weighted by atomic mass is 10.1. The maximum absolute atomic E-state index is 13.5. The van der Waals surface area contributed by atoms with Crippen LogP contribution in [0.4, 0.5) is 10.1 Å². The van der Waals surface area contributed by atoms with Crippen molar-refractivity contribution in [2.75, 3.05) is 23.7 Å². The summed E-state index contributed by atoms with van der Waals surface area (Å²) in [6, 6.07) is 14.7. The topological polar surface area (TPSA) is 66.5 Å². The lowest BCUT2D eigenvalue weighted by Crippen LogP contribution is -2.40. The van der Waals surface area contributed by atoms with Crippen LogP contribution in [-0.2, 0) is 21.2 Å². The molecule has 1 amide bonds. The minimum absolute atomic E-state index is 0.228. The normalized spacial score (nSPS) is 11.1. The number of anilines is 1. The van der Waals surface area contributed by atoms with E-state index in [-0.39, 0.29) is 18.9 Å². The number of benzene rings is 2. The van der Waals surface area contributed by atoms with Crippen molar-refractivity contribution in [2.24, 2.45) is 0 Å². The van der Waals surface area contributed by atoms with Gasteiger partial charge in [0.2, 0.25) is 15.9 Å². The summed E-state index contributed by atoms with van der Waals surface area (Å²) in [6.45, 7) is -0.0910. The lowest BCUT2D eigenvalue weighted by Gasteiger charge is -2.21. The Hall–Kier alpha value is -2.41. The first-order valence-electron chi connectivity index (χ1n) is 7.41. The summed E-state index contributed by atoms with van der Waals surface area (Å²) in [5, 5.41) is 2.62. The van der Waals surface area contributed by atoms with E-state index < -0.39 is 15.9 Å². The molecule has 2 aromatic carbocycles. The maximum atomic E-state index is 13.5. The van der Waals surface area contributed by atoms with Crippen molar-refractivity contribution in [3.63, 3.8) is 0 Å². The molecule has 2 rings (SSSR count). The van der Waals surface area contributed by atoms with Crippen LogP contribution in [0.1, 0.15) is 5.56 Å². The molecule has 0 aliphatic carbocycles. The van der Waals surface area contributed by atoms with Crippen LogP contribution >= 0.6 is 0 Å². The third kappa shape index (κ3) is 5.06. The molecule has 7 heteroatoms. The van der Waals surface area contributed by atoms with E-state index in [4.69, 9.17) is 0 Å². The zero-order valence-corrected chi connectivity index (χ0v) is 14.1. The summed E-state index contributed by atoms with van der Waals surface area (Å²) < 4.78 is 38.3. The number of hydrogen-bond acceptors (Lipinski definition) is 3. The summed E-state index contributed by atoms with van der Waals surface area (Å²) >= 11 is 0. The number of hydrogen-bond donors (Lipinski definition) is 1. The molecule has 0 atom stereocenters. The fourth-order valence-corrected chi connectivity index (χ4v) is 3.07. The number of para-hydroxylation sites is 1. The van der Waals surface area contributed by atoms with Crippen LogP contribution in [0.2, 0.25) is 0 Å². The fourth-order valence-electron chi connectivity index (χ4n) is 2.22.